The molecule has 0 bridgehead atoms. The molecular formula is C17H16N4O. The number of nitrogens with one attached hydrogen (secondary N) is 2. The third kappa shape index (κ3) is 3.32. The van der Waals surface area contributed by atoms with Crippen LogP contribution in [0.25, 0.3) is 11.3 Å². The zero-order valence-electron chi connectivity index (χ0n) is 11.9. The van der Waals surface area contributed by atoms with Crippen LogP contribution in [-0.4, -0.2) is 16.1 Å². The van der Waals surface area contributed by atoms with Crippen molar-refractivity contribution in [3.8, 4) is 11.3 Å². The van der Waals surface area contributed by atoms with Crippen molar-refractivity contribution in [1.82, 2.24) is 10.2 Å². The molecule has 3 aromatic rings. The molecule has 5 nitrogen and oxygen atoms in total. The van der Waals surface area contributed by atoms with Crippen molar-refractivity contribution in [3.63, 3.8) is 0 Å². The maximum absolute atomic E-state index is 12.0. The number of nitrogens with two attached hydrogens (primary N) is 1. The van der Waals surface area contributed by atoms with Crippen molar-refractivity contribution >= 4 is 17.3 Å². The SMILES string of the molecule is Nc1ccc(CC(=O)Nc2ccc(-c3ccn[nH]3)cc2)cc1. The van der Waals surface area contributed by atoms with Gasteiger partial charge >= 0.3 is 0 Å². The summed E-state index contributed by atoms with van der Waals surface area (Å²) in [5, 5.41) is 9.70. The average molecular weight is 292 g/mol. The van der Waals surface area contributed by atoms with Gasteiger partial charge in [0.25, 0.3) is 0 Å². The minimum Gasteiger partial charge on any atom is -0.399 e. The smallest absolute Gasteiger partial charge is 0.228 e. The molecule has 0 aliphatic heterocycles. The summed E-state index contributed by atoms with van der Waals surface area (Å²) in [6.07, 6.45) is 2.03. The van der Waals surface area contributed by atoms with E-state index in [0.29, 0.717) is 12.1 Å². The van der Waals surface area contributed by atoms with Gasteiger partial charge in [0.1, 0.15) is 0 Å². The Labute approximate surface area is 128 Å². The molecule has 0 radical (unpaired) electrons. The topological polar surface area (TPSA) is 83.8 Å². The number of carbonyl (C=O) groups is 1. The number of rotatable bonds is 4. The van der Waals surface area contributed by atoms with Crippen LogP contribution in [-0.2, 0) is 11.2 Å². The number of nitrogens with zero attached hydrogens (tertiary/aromatic N) is 1. The lowest BCUT2D eigenvalue weighted by Crippen LogP contribution is -2.14. The Morgan fingerprint density at radius 1 is 1.05 bits per heavy atom. The van der Waals surface area contributed by atoms with Gasteiger partial charge in [-0.25, -0.2) is 0 Å². The van der Waals surface area contributed by atoms with Crippen LogP contribution >= 0.6 is 0 Å². The van der Waals surface area contributed by atoms with Gasteiger partial charge in [-0.2, -0.15) is 5.10 Å². The number of carbonyl (C=O) groups excluding carboxylic acids is 1. The van der Waals surface area contributed by atoms with E-state index in [1.165, 1.54) is 0 Å². The highest BCUT2D eigenvalue weighted by atomic mass is 16.1. The van der Waals surface area contributed by atoms with Crippen molar-refractivity contribution in [2.45, 2.75) is 6.42 Å². The molecule has 2 aromatic carbocycles. The summed E-state index contributed by atoms with van der Waals surface area (Å²) in [7, 11) is 0. The van der Waals surface area contributed by atoms with Crippen LogP contribution < -0.4 is 11.1 Å². The second kappa shape index (κ2) is 6.13. The van der Waals surface area contributed by atoms with Gasteiger partial charge in [-0.3, -0.25) is 9.89 Å². The molecule has 1 heterocycles. The van der Waals surface area contributed by atoms with Crippen LogP contribution in [0.1, 0.15) is 5.56 Å². The third-order valence-corrected chi connectivity index (χ3v) is 3.32. The molecule has 22 heavy (non-hydrogen) atoms. The Kier molecular flexibility index (Phi) is 3.87. The Bertz CT molecular complexity index is 746. The van der Waals surface area contributed by atoms with Crippen LogP contribution in [0.2, 0.25) is 0 Å². The van der Waals surface area contributed by atoms with E-state index in [4.69, 9.17) is 5.73 Å². The lowest BCUT2D eigenvalue weighted by atomic mass is 10.1. The maximum atomic E-state index is 12.0. The highest BCUT2D eigenvalue weighted by Crippen LogP contribution is 2.19. The molecular weight excluding hydrogens is 276 g/mol. The normalized spacial score (nSPS) is 10.4. The van der Waals surface area contributed by atoms with Crippen LogP contribution in [0.3, 0.4) is 0 Å². The number of anilines is 2. The fourth-order valence-electron chi connectivity index (χ4n) is 2.18. The van der Waals surface area contributed by atoms with E-state index >= 15 is 0 Å². The predicted molar refractivity (Wildman–Crippen MR) is 87.2 cm³/mol. The van der Waals surface area contributed by atoms with Gasteiger partial charge in [0.05, 0.1) is 12.1 Å². The summed E-state index contributed by atoms with van der Waals surface area (Å²) < 4.78 is 0. The monoisotopic (exact) mass is 292 g/mol. The first kappa shape index (κ1) is 13.9. The van der Waals surface area contributed by atoms with Crippen molar-refractivity contribution in [2.75, 3.05) is 11.1 Å². The number of nitrogen functional groups attached to an aromatic ring is 1. The zero-order valence-corrected chi connectivity index (χ0v) is 11.9. The lowest BCUT2D eigenvalue weighted by molar-refractivity contribution is -0.115. The van der Waals surface area contributed by atoms with E-state index in [-0.39, 0.29) is 5.91 Å². The fourth-order valence-corrected chi connectivity index (χ4v) is 2.18. The minimum atomic E-state index is -0.0564. The highest BCUT2D eigenvalue weighted by Gasteiger charge is 2.05. The van der Waals surface area contributed by atoms with Crippen molar-refractivity contribution in [3.05, 3.63) is 66.4 Å². The minimum absolute atomic E-state index is 0.0564. The van der Waals surface area contributed by atoms with Gasteiger partial charge in [0, 0.05) is 17.6 Å². The number of hydrogen-bond donors (Lipinski definition) is 3. The Morgan fingerprint density at radius 3 is 2.41 bits per heavy atom. The zero-order chi connectivity index (χ0) is 15.4. The van der Waals surface area contributed by atoms with Gasteiger partial charge < -0.3 is 11.1 Å². The molecule has 0 saturated carbocycles. The van der Waals surface area contributed by atoms with E-state index in [1.54, 1.807) is 18.3 Å². The lowest BCUT2D eigenvalue weighted by Gasteiger charge is -2.06. The van der Waals surface area contributed by atoms with Gasteiger partial charge in [0.2, 0.25) is 5.91 Å². The second-order valence-electron chi connectivity index (χ2n) is 5.01. The Balaban J connectivity index is 1.63. The summed E-state index contributed by atoms with van der Waals surface area (Å²) in [5.74, 6) is -0.0564. The van der Waals surface area contributed by atoms with Crippen molar-refractivity contribution in [1.29, 1.82) is 0 Å². The van der Waals surface area contributed by atoms with Crippen molar-refractivity contribution in [2.24, 2.45) is 0 Å². The number of aromatic amines is 1. The number of aromatic nitrogens is 2. The third-order valence-electron chi connectivity index (χ3n) is 3.32. The largest absolute Gasteiger partial charge is 0.399 e. The van der Waals surface area contributed by atoms with E-state index < -0.39 is 0 Å². The summed E-state index contributed by atoms with van der Waals surface area (Å²) in [6, 6.07) is 16.8. The Morgan fingerprint density at radius 2 is 1.77 bits per heavy atom. The average Bonchev–Trinajstić information content (AvgIpc) is 3.05. The summed E-state index contributed by atoms with van der Waals surface area (Å²) in [4.78, 5) is 12.0. The van der Waals surface area contributed by atoms with E-state index in [9.17, 15) is 4.79 Å². The molecule has 110 valence electrons. The number of hydrogen-bond acceptors (Lipinski definition) is 3. The number of H-pyrrole nitrogens is 1. The molecule has 0 fully saturated rings. The van der Waals surface area contributed by atoms with Crippen molar-refractivity contribution < 1.29 is 4.79 Å². The van der Waals surface area contributed by atoms with Crippen LogP contribution in [0.5, 0.6) is 0 Å². The first-order chi connectivity index (χ1) is 10.7. The van der Waals surface area contributed by atoms with E-state index in [0.717, 1.165) is 22.5 Å². The first-order valence-electron chi connectivity index (χ1n) is 6.95. The standard InChI is InChI=1S/C17H16N4O/c18-14-5-1-12(2-6-14)11-17(22)20-15-7-3-13(4-8-15)16-9-10-19-21-16/h1-10H,11,18H2,(H,19,21)(H,20,22). The predicted octanol–water partition coefficient (Wildman–Crippen LogP) is 2.84. The summed E-state index contributed by atoms with van der Waals surface area (Å²) in [5.41, 5.74) is 9.99. The second-order valence-corrected chi connectivity index (χ2v) is 5.01. The molecule has 0 saturated heterocycles. The highest BCUT2D eigenvalue weighted by molar-refractivity contribution is 5.92. The van der Waals surface area contributed by atoms with Gasteiger partial charge in [-0.1, -0.05) is 24.3 Å². The molecule has 1 amide bonds. The van der Waals surface area contributed by atoms with E-state index in [1.807, 2.05) is 42.5 Å². The van der Waals surface area contributed by atoms with E-state index in [2.05, 4.69) is 15.5 Å². The summed E-state index contributed by atoms with van der Waals surface area (Å²) in [6.45, 7) is 0. The van der Waals surface area contributed by atoms with Crippen LogP contribution in [0.4, 0.5) is 11.4 Å². The molecule has 0 aliphatic carbocycles. The number of amides is 1. The molecule has 0 unspecified atom stereocenters. The van der Waals surface area contributed by atoms with Gasteiger partial charge in [-0.05, 0) is 41.5 Å². The summed E-state index contributed by atoms with van der Waals surface area (Å²) >= 11 is 0. The molecule has 3 rings (SSSR count). The van der Waals surface area contributed by atoms with Crippen LogP contribution in [0.15, 0.2) is 60.8 Å². The first-order valence-corrected chi connectivity index (χ1v) is 6.95. The van der Waals surface area contributed by atoms with Gasteiger partial charge in [-0.15, -0.1) is 0 Å². The molecule has 0 spiro atoms. The molecule has 0 aliphatic rings. The molecule has 5 heteroatoms. The molecule has 1 aromatic heterocycles. The molecule has 0 atom stereocenters. The fraction of sp³-hybridized carbons (Fsp3) is 0.0588. The maximum Gasteiger partial charge on any atom is 0.228 e. The molecule has 4 N–H and O–H groups in total. The van der Waals surface area contributed by atoms with Crippen LogP contribution in [0, 0.1) is 0 Å². The van der Waals surface area contributed by atoms with Gasteiger partial charge in [0.15, 0.2) is 0 Å². The Hall–Kier alpha value is -3.08. The number of benzene rings is 2. The quantitative estimate of drug-likeness (QED) is 0.646.